The Morgan fingerprint density at radius 2 is 1.13 bits per heavy atom. The summed E-state index contributed by atoms with van der Waals surface area (Å²) < 4.78 is 0. The lowest BCUT2D eigenvalue weighted by Gasteiger charge is -2.30. The van der Waals surface area contributed by atoms with Crippen LogP contribution in [-0.4, -0.2) is 29.2 Å². The van der Waals surface area contributed by atoms with Gasteiger partial charge in [0.1, 0.15) is 5.78 Å². The Balaban J connectivity index is 5.75. The smallest absolute Gasteiger partial charge is 0.166 e. The Bertz CT molecular complexity index is 296. The molecule has 0 aliphatic rings. The molecule has 0 heterocycles. The minimum Gasteiger partial charge on any atom is -0.320 e. The molecule has 0 bridgehead atoms. The van der Waals surface area contributed by atoms with Crippen LogP contribution in [0.5, 0.6) is 0 Å². The maximum atomic E-state index is 11.4. The van der Waals surface area contributed by atoms with Gasteiger partial charge in [0, 0.05) is 0 Å². The fraction of sp³-hybridized carbons (Fsp3) is 0.600. The molecule has 0 aliphatic heterocycles. The number of carbonyl (C=O) groups is 4. The van der Waals surface area contributed by atoms with E-state index in [9.17, 15) is 19.2 Å². The van der Waals surface area contributed by atoms with Gasteiger partial charge < -0.3 is 5.73 Å². The molecule has 0 saturated heterocycles. The number of Topliss-reactive ketones (excluding diaryl/α,β-unsaturated/α-hetero) is 4. The standard InChI is InChI=1S/C10H15NO4/c1-5(12)9(11)10(6(2)13,7(3)14)8(4)15/h9H,11H2,1-4H3. The minimum absolute atomic E-state index is 0.560. The predicted molar refractivity (Wildman–Crippen MR) is 53.1 cm³/mol. The molecular weight excluding hydrogens is 198 g/mol. The number of ketones is 4. The van der Waals surface area contributed by atoms with Gasteiger partial charge in [0.05, 0.1) is 6.04 Å². The van der Waals surface area contributed by atoms with Crippen LogP contribution in [0.1, 0.15) is 27.7 Å². The van der Waals surface area contributed by atoms with Crippen LogP contribution in [-0.2, 0) is 19.2 Å². The fourth-order valence-electron chi connectivity index (χ4n) is 1.71. The molecule has 0 radical (unpaired) electrons. The Morgan fingerprint density at radius 1 is 0.867 bits per heavy atom. The molecular formula is C10H15NO4. The molecule has 2 N–H and O–H groups in total. The molecule has 0 aliphatic carbocycles. The third kappa shape index (κ3) is 2.02. The van der Waals surface area contributed by atoms with Crippen LogP contribution >= 0.6 is 0 Å². The van der Waals surface area contributed by atoms with Gasteiger partial charge in [-0.1, -0.05) is 0 Å². The summed E-state index contributed by atoms with van der Waals surface area (Å²) >= 11 is 0. The monoisotopic (exact) mass is 213 g/mol. The zero-order valence-corrected chi connectivity index (χ0v) is 9.29. The first-order valence-electron chi connectivity index (χ1n) is 4.48. The van der Waals surface area contributed by atoms with Gasteiger partial charge in [-0.3, -0.25) is 19.2 Å². The lowest BCUT2D eigenvalue weighted by molar-refractivity contribution is -0.150. The summed E-state index contributed by atoms with van der Waals surface area (Å²) in [7, 11) is 0. The second-order valence-electron chi connectivity index (χ2n) is 3.56. The Morgan fingerprint density at radius 3 is 1.20 bits per heavy atom. The Kier molecular flexibility index (Phi) is 4.04. The van der Waals surface area contributed by atoms with Crippen molar-refractivity contribution in [1.82, 2.24) is 0 Å². The van der Waals surface area contributed by atoms with E-state index in [0.29, 0.717) is 0 Å². The van der Waals surface area contributed by atoms with E-state index in [-0.39, 0.29) is 0 Å². The second-order valence-corrected chi connectivity index (χ2v) is 3.56. The fourth-order valence-corrected chi connectivity index (χ4v) is 1.71. The zero-order valence-electron chi connectivity index (χ0n) is 9.29. The molecule has 0 aromatic heterocycles. The third-order valence-electron chi connectivity index (χ3n) is 2.57. The van der Waals surface area contributed by atoms with Gasteiger partial charge in [-0.25, -0.2) is 0 Å². The van der Waals surface area contributed by atoms with Crippen LogP contribution < -0.4 is 5.73 Å². The quantitative estimate of drug-likeness (QED) is 0.630. The largest absolute Gasteiger partial charge is 0.320 e. The van der Waals surface area contributed by atoms with Gasteiger partial charge in [-0.2, -0.15) is 0 Å². The van der Waals surface area contributed by atoms with Crippen molar-refractivity contribution in [2.75, 3.05) is 0 Å². The van der Waals surface area contributed by atoms with E-state index < -0.39 is 34.6 Å². The number of rotatable bonds is 5. The maximum absolute atomic E-state index is 11.4. The van der Waals surface area contributed by atoms with Crippen molar-refractivity contribution in [2.24, 2.45) is 11.1 Å². The van der Waals surface area contributed by atoms with Crippen molar-refractivity contribution in [1.29, 1.82) is 0 Å². The number of hydrogen-bond donors (Lipinski definition) is 1. The summed E-state index contributed by atoms with van der Waals surface area (Å²) in [6.07, 6.45) is 0. The van der Waals surface area contributed by atoms with Crippen molar-refractivity contribution < 1.29 is 19.2 Å². The number of carbonyl (C=O) groups excluding carboxylic acids is 4. The molecule has 5 heteroatoms. The molecule has 0 aromatic carbocycles. The molecule has 5 nitrogen and oxygen atoms in total. The molecule has 0 rings (SSSR count). The molecule has 0 amide bonds. The van der Waals surface area contributed by atoms with E-state index in [2.05, 4.69) is 0 Å². The van der Waals surface area contributed by atoms with Crippen LogP contribution in [0.4, 0.5) is 0 Å². The second kappa shape index (κ2) is 4.44. The first-order chi connectivity index (χ1) is 6.68. The summed E-state index contributed by atoms with van der Waals surface area (Å²) in [4.78, 5) is 45.4. The average Bonchev–Trinajstić information content (AvgIpc) is 2.02. The van der Waals surface area contributed by atoms with Crippen LogP contribution in [0.25, 0.3) is 0 Å². The molecule has 84 valence electrons. The van der Waals surface area contributed by atoms with Gasteiger partial charge in [-0.15, -0.1) is 0 Å². The molecule has 0 spiro atoms. The van der Waals surface area contributed by atoms with Crippen LogP contribution in [0, 0.1) is 5.41 Å². The highest BCUT2D eigenvalue weighted by atomic mass is 16.2. The van der Waals surface area contributed by atoms with Gasteiger partial charge in [0.2, 0.25) is 0 Å². The van der Waals surface area contributed by atoms with Gasteiger partial charge in [0.25, 0.3) is 0 Å². The van der Waals surface area contributed by atoms with Crippen LogP contribution in [0.3, 0.4) is 0 Å². The van der Waals surface area contributed by atoms with Crippen LogP contribution in [0.2, 0.25) is 0 Å². The molecule has 0 saturated carbocycles. The summed E-state index contributed by atoms with van der Waals surface area (Å²) in [6, 6.07) is -1.40. The lowest BCUT2D eigenvalue weighted by atomic mass is 9.70. The Labute approximate surface area is 88.0 Å². The highest BCUT2D eigenvalue weighted by Crippen LogP contribution is 2.26. The van der Waals surface area contributed by atoms with Crippen molar-refractivity contribution in [3.63, 3.8) is 0 Å². The highest BCUT2D eigenvalue weighted by Gasteiger charge is 2.52. The summed E-state index contributed by atoms with van der Waals surface area (Å²) in [5, 5.41) is 0. The highest BCUT2D eigenvalue weighted by molar-refractivity contribution is 6.25. The first kappa shape index (κ1) is 13.6. The van der Waals surface area contributed by atoms with Crippen molar-refractivity contribution in [3.05, 3.63) is 0 Å². The molecule has 0 fully saturated rings. The average molecular weight is 213 g/mol. The molecule has 0 aromatic rings. The Hall–Kier alpha value is -1.36. The first-order valence-corrected chi connectivity index (χ1v) is 4.48. The lowest BCUT2D eigenvalue weighted by Crippen LogP contribution is -2.58. The maximum Gasteiger partial charge on any atom is 0.166 e. The summed E-state index contributed by atoms with van der Waals surface area (Å²) in [5.41, 5.74) is 3.48. The normalized spacial score (nSPS) is 13.1. The van der Waals surface area contributed by atoms with E-state index in [1.54, 1.807) is 0 Å². The molecule has 15 heavy (non-hydrogen) atoms. The van der Waals surface area contributed by atoms with E-state index in [4.69, 9.17) is 5.73 Å². The van der Waals surface area contributed by atoms with Gasteiger partial charge >= 0.3 is 0 Å². The van der Waals surface area contributed by atoms with Crippen molar-refractivity contribution in [2.45, 2.75) is 33.7 Å². The van der Waals surface area contributed by atoms with Gasteiger partial charge in [0.15, 0.2) is 22.8 Å². The van der Waals surface area contributed by atoms with E-state index in [0.717, 1.165) is 27.7 Å². The van der Waals surface area contributed by atoms with Gasteiger partial charge in [-0.05, 0) is 27.7 Å². The summed E-state index contributed by atoms with van der Waals surface area (Å²) in [5.74, 6) is -2.63. The summed E-state index contributed by atoms with van der Waals surface area (Å²) in [6.45, 7) is 4.41. The van der Waals surface area contributed by atoms with Crippen molar-refractivity contribution >= 4 is 23.1 Å². The topological polar surface area (TPSA) is 94.3 Å². The van der Waals surface area contributed by atoms with E-state index in [1.807, 2.05) is 0 Å². The van der Waals surface area contributed by atoms with E-state index >= 15 is 0 Å². The molecule has 1 atom stereocenters. The SMILES string of the molecule is CC(=O)C(N)C(C(C)=O)(C(C)=O)C(C)=O. The third-order valence-corrected chi connectivity index (χ3v) is 2.57. The zero-order chi connectivity index (χ0) is 12.4. The van der Waals surface area contributed by atoms with Crippen molar-refractivity contribution in [3.8, 4) is 0 Å². The van der Waals surface area contributed by atoms with E-state index in [1.165, 1.54) is 0 Å². The number of hydrogen-bond acceptors (Lipinski definition) is 5. The van der Waals surface area contributed by atoms with Crippen LogP contribution in [0.15, 0.2) is 0 Å². The predicted octanol–water partition coefficient (Wildman–Crippen LogP) is -0.344. The number of nitrogens with two attached hydrogens (primary N) is 1. The molecule has 1 unspecified atom stereocenters. The minimum atomic E-state index is -2.01.